The number of aromatic nitrogens is 2. The quantitative estimate of drug-likeness (QED) is 0.596. The molecule has 0 unspecified atom stereocenters. The molecule has 31 heavy (non-hydrogen) atoms. The van der Waals surface area contributed by atoms with Crippen LogP contribution in [0.15, 0.2) is 36.4 Å². The number of nitrogens with one attached hydrogen (secondary N) is 1. The summed E-state index contributed by atoms with van der Waals surface area (Å²) in [5.41, 5.74) is 6.11. The average Bonchev–Trinajstić information content (AvgIpc) is 3.01. The number of nitrogens with zero attached hydrogens (tertiary/aromatic N) is 2. The number of hydrogen-bond donors (Lipinski definition) is 1. The van der Waals surface area contributed by atoms with Gasteiger partial charge < -0.3 is 14.8 Å². The molecule has 7 heteroatoms. The standard InChI is InChI=1S/C24H26ClN3O3/c1-15-4-6-18(7-5-15)14-28-17(3)19(16(2)27-28)8-9-24(29)26-21-13-23-22(12-20(21)25)30-10-11-31-23/h4-7,12-13H,8-11,14H2,1-3H3,(H,26,29). The Balaban J connectivity index is 1.40. The fourth-order valence-corrected chi connectivity index (χ4v) is 3.93. The fourth-order valence-electron chi connectivity index (χ4n) is 3.73. The Morgan fingerprint density at radius 1 is 1.10 bits per heavy atom. The highest BCUT2D eigenvalue weighted by Gasteiger charge is 2.18. The molecule has 1 aromatic heterocycles. The summed E-state index contributed by atoms with van der Waals surface area (Å²) in [5.74, 6) is 1.08. The zero-order chi connectivity index (χ0) is 22.0. The van der Waals surface area contributed by atoms with Crippen molar-refractivity contribution in [3.8, 4) is 11.5 Å². The van der Waals surface area contributed by atoms with E-state index in [2.05, 4.69) is 48.5 Å². The van der Waals surface area contributed by atoms with Crippen LogP contribution in [0, 0.1) is 20.8 Å². The van der Waals surface area contributed by atoms with Crippen molar-refractivity contribution in [2.75, 3.05) is 18.5 Å². The van der Waals surface area contributed by atoms with E-state index in [1.165, 1.54) is 11.1 Å². The fraction of sp³-hybridized carbons (Fsp3) is 0.333. The SMILES string of the molecule is Cc1ccc(Cn2nc(C)c(CCC(=O)Nc3cc4c(cc3Cl)OCCO4)c2C)cc1. The van der Waals surface area contributed by atoms with Crippen molar-refractivity contribution in [2.24, 2.45) is 0 Å². The zero-order valence-electron chi connectivity index (χ0n) is 18.0. The summed E-state index contributed by atoms with van der Waals surface area (Å²) in [6.07, 6.45) is 0.947. The molecule has 1 aliphatic rings. The highest BCUT2D eigenvalue weighted by molar-refractivity contribution is 6.34. The number of ether oxygens (including phenoxy) is 2. The van der Waals surface area contributed by atoms with Gasteiger partial charge in [-0.3, -0.25) is 9.48 Å². The molecule has 0 saturated carbocycles. The van der Waals surface area contributed by atoms with Crippen LogP contribution in [0.3, 0.4) is 0 Å². The van der Waals surface area contributed by atoms with Crippen molar-refractivity contribution >= 4 is 23.2 Å². The third-order valence-electron chi connectivity index (χ3n) is 5.49. The van der Waals surface area contributed by atoms with Crippen molar-refractivity contribution in [1.82, 2.24) is 9.78 Å². The van der Waals surface area contributed by atoms with Gasteiger partial charge in [-0.1, -0.05) is 41.4 Å². The summed E-state index contributed by atoms with van der Waals surface area (Å²) in [6, 6.07) is 11.8. The maximum absolute atomic E-state index is 12.6. The minimum Gasteiger partial charge on any atom is -0.486 e. The summed E-state index contributed by atoms with van der Waals surface area (Å²) in [5, 5.41) is 8.00. The third-order valence-corrected chi connectivity index (χ3v) is 5.81. The van der Waals surface area contributed by atoms with E-state index >= 15 is 0 Å². The van der Waals surface area contributed by atoms with E-state index in [-0.39, 0.29) is 5.91 Å². The number of rotatable bonds is 6. The maximum Gasteiger partial charge on any atom is 0.224 e. The molecule has 2 heterocycles. The van der Waals surface area contributed by atoms with Crippen LogP contribution in [0.25, 0.3) is 0 Å². The van der Waals surface area contributed by atoms with Gasteiger partial charge in [-0.15, -0.1) is 0 Å². The van der Waals surface area contributed by atoms with Gasteiger partial charge in [0.05, 0.1) is 22.9 Å². The highest BCUT2D eigenvalue weighted by atomic mass is 35.5. The highest BCUT2D eigenvalue weighted by Crippen LogP contribution is 2.38. The molecule has 0 atom stereocenters. The average molecular weight is 440 g/mol. The lowest BCUT2D eigenvalue weighted by Crippen LogP contribution is -2.17. The van der Waals surface area contributed by atoms with E-state index in [4.69, 9.17) is 21.1 Å². The molecular formula is C24H26ClN3O3. The first-order valence-corrected chi connectivity index (χ1v) is 10.8. The monoisotopic (exact) mass is 439 g/mol. The molecule has 0 radical (unpaired) electrons. The molecule has 3 aromatic rings. The normalized spacial score (nSPS) is 12.6. The lowest BCUT2D eigenvalue weighted by molar-refractivity contribution is -0.116. The van der Waals surface area contributed by atoms with Gasteiger partial charge in [0.2, 0.25) is 5.91 Å². The summed E-state index contributed by atoms with van der Waals surface area (Å²) < 4.78 is 13.1. The van der Waals surface area contributed by atoms with Gasteiger partial charge in [-0.2, -0.15) is 5.10 Å². The first kappa shape index (κ1) is 21.2. The van der Waals surface area contributed by atoms with Crippen molar-refractivity contribution in [3.05, 3.63) is 69.5 Å². The van der Waals surface area contributed by atoms with Crippen LogP contribution in [-0.2, 0) is 17.8 Å². The minimum atomic E-state index is -0.108. The van der Waals surface area contributed by atoms with Crippen LogP contribution in [0.1, 0.15) is 34.5 Å². The lowest BCUT2D eigenvalue weighted by atomic mass is 10.1. The number of anilines is 1. The van der Waals surface area contributed by atoms with Crippen molar-refractivity contribution < 1.29 is 14.3 Å². The Kier molecular flexibility index (Phi) is 6.18. The third kappa shape index (κ3) is 4.85. The van der Waals surface area contributed by atoms with Crippen LogP contribution in [0.2, 0.25) is 5.02 Å². The van der Waals surface area contributed by atoms with E-state index < -0.39 is 0 Å². The van der Waals surface area contributed by atoms with Crippen molar-refractivity contribution in [2.45, 2.75) is 40.2 Å². The van der Waals surface area contributed by atoms with Gasteiger partial charge in [0.15, 0.2) is 11.5 Å². The molecule has 162 valence electrons. The molecule has 6 nitrogen and oxygen atoms in total. The van der Waals surface area contributed by atoms with Gasteiger partial charge in [-0.25, -0.2) is 0 Å². The Labute approximate surface area is 187 Å². The second kappa shape index (κ2) is 9.02. The van der Waals surface area contributed by atoms with Crippen LogP contribution in [0.4, 0.5) is 5.69 Å². The summed E-state index contributed by atoms with van der Waals surface area (Å²) >= 11 is 6.30. The molecule has 1 N–H and O–H groups in total. The molecule has 1 aliphatic heterocycles. The van der Waals surface area contributed by atoms with Crippen molar-refractivity contribution in [3.63, 3.8) is 0 Å². The first-order valence-electron chi connectivity index (χ1n) is 10.4. The Morgan fingerprint density at radius 2 is 1.77 bits per heavy atom. The van der Waals surface area contributed by atoms with E-state index in [1.807, 2.05) is 11.6 Å². The maximum atomic E-state index is 12.6. The van der Waals surface area contributed by atoms with E-state index in [0.717, 1.165) is 17.0 Å². The largest absolute Gasteiger partial charge is 0.486 e. The number of fused-ring (bicyclic) bond motifs is 1. The number of amides is 1. The number of hydrogen-bond acceptors (Lipinski definition) is 4. The van der Waals surface area contributed by atoms with Gasteiger partial charge in [0.1, 0.15) is 13.2 Å². The van der Waals surface area contributed by atoms with Crippen LogP contribution in [-0.4, -0.2) is 28.9 Å². The number of benzene rings is 2. The topological polar surface area (TPSA) is 65.4 Å². The molecular weight excluding hydrogens is 414 g/mol. The molecule has 2 aromatic carbocycles. The Bertz CT molecular complexity index is 1110. The van der Waals surface area contributed by atoms with Gasteiger partial charge >= 0.3 is 0 Å². The summed E-state index contributed by atoms with van der Waals surface area (Å²) in [7, 11) is 0. The first-order chi connectivity index (χ1) is 14.9. The molecule has 0 fully saturated rings. The molecule has 0 aliphatic carbocycles. The minimum absolute atomic E-state index is 0.108. The second-order valence-electron chi connectivity index (χ2n) is 7.82. The zero-order valence-corrected chi connectivity index (χ0v) is 18.8. The molecule has 1 amide bonds. The number of halogens is 1. The Morgan fingerprint density at radius 3 is 2.48 bits per heavy atom. The van der Waals surface area contributed by atoms with Gasteiger partial charge in [0.25, 0.3) is 0 Å². The molecule has 0 bridgehead atoms. The Hall–Kier alpha value is -2.99. The van der Waals surface area contributed by atoms with Crippen LogP contribution >= 0.6 is 11.6 Å². The van der Waals surface area contributed by atoms with Crippen LogP contribution < -0.4 is 14.8 Å². The predicted molar refractivity (Wildman–Crippen MR) is 121 cm³/mol. The molecule has 0 spiro atoms. The van der Waals surface area contributed by atoms with E-state index in [1.54, 1.807) is 12.1 Å². The lowest BCUT2D eigenvalue weighted by Gasteiger charge is -2.20. The number of carbonyl (C=O) groups is 1. The van der Waals surface area contributed by atoms with E-state index in [9.17, 15) is 4.79 Å². The van der Waals surface area contributed by atoms with Crippen molar-refractivity contribution in [1.29, 1.82) is 0 Å². The second-order valence-corrected chi connectivity index (χ2v) is 8.22. The van der Waals surface area contributed by atoms with Gasteiger partial charge in [-0.05, 0) is 38.3 Å². The molecule has 0 saturated heterocycles. The number of carbonyl (C=O) groups excluding carboxylic acids is 1. The predicted octanol–water partition coefficient (Wildman–Crippen LogP) is 4.85. The van der Waals surface area contributed by atoms with E-state index in [0.29, 0.717) is 54.8 Å². The van der Waals surface area contributed by atoms with Crippen LogP contribution in [0.5, 0.6) is 11.5 Å². The summed E-state index contributed by atoms with van der Waals surface area (Å²) in [4.78, 5) is 12.6. The smallest absolute Gasteiger partial charge is 0.224 e. The van der Waals surface area contributed by atoms with Gasteiger partial charge in [0, 0.05) is 24.2 Å². The summed E-state index contributed by atoms with van der Waals surface area (Å²) in [6.45, 7) is 7.81. The number of aryl methyl sites for hydroxylation is 2. The molecule has 4 rings (SSSR count).